The van der Waals surface area contributed by atoms with E-state index in [4.69, 9.17) is 15.3 Å². The van der Waals surface area contributed by atoms with Gasteiger partial charge in [0.1, 0.15) is 11.8 Å². The van der Waals surface area contributed by atoms with Gasteiger partial charge in [-0.1, -0.05) is 30.3 Å². The summed E-state index contributed by atoms with van der Waals surface area (Å²) in [7, 11) is 0. The SMILES string of the molecule is NC(CC(=O)O)C(=O)NC(c1ccccc1)c1ccco1. The quantitative estimate of drug-likeness (QED) is 0.742. The minimum absolute atomic E-state index is 0.425. The van der Waals surface area contributed by atoms with E-state index in [1.54, 1.807) is 12.1 Å². The van der Waals surface area contributed by atoms with Gasteiger partial charge in [0.25, 0.3) is 0 Å². The average molecular weight is 288 g/mol. The van der Waals surface area contributed by atoms with Crippen molar-refractivity contribution >= 4 is 11.9 Å². The lowest BCUT2D eigenvalue weighted by molar-refractivity contribution is -0.139. The summed E-state index contributed by atoms with van der Waals surface area (Å²) in [4.78, 5) is 22.6. The number of amides is 1. The Kier molecular flexibility index (Phi) is 4.73. The van der Waals surface area contributed by atoms with Gasteiger partial charge in [-0.15, -0.1) is 0 Å². The maximum atomic E-state index is 12.0. The van der Waals surface area contributed by atoms with Gasteiger partial charge in [-0.3, -0.25) is 9.59 Å². The molecule has 6 nitrogen and oxygen atoms in total. The smallest absolute Gasteiger partial charge is 0.305 e. The zero-order chi connectivity index (χ0) is 15.2. The van der Waals surface area contributed by atoms with E-state index in [1.165, 1.54) is 6.26 Å². The van der Waals surface area contributed by atoms with Crippen molar-refractivity contribution in [2.24, 2.45) is 5.73 Å². The fraction of sp³-hybridized carbons (Fsp3) is 0.200. The number of rotatable bonds is 6. The monoisotopic (exact) mass is 288 g/mol. The van der Waals surface area contributed by atoms with Crippen LogP contribution in [0, 0.1) is 0 Å². The van der Waals surface area contributed by atoms with Gasteiger partial charge < -0.3 is 20.6 Å². The second kappa shape index (κ2) is 6.71. The summed E-state index contributed by atoms with van der Waals surface area (Å²) in [5.41, 5.74) is 6.40. The second-order valence-corrected chi connectivity index (χ2v) is 4.57. The maximum absolute atomic E-state index is 12.0. The van der Waals surface area contributed by atoms with E-state index < -0.39 is 30.4 Å². The number of nitrogens with two attached hydrogens (primary N) is 1. The number of furan rings is 1. The lowest BCUT2D eigenvalue weighted by Crippen LogP contribution is -2.43. The molecule has 1 aromatic heterocycles. The fourth-order valence-electron chi connectivity index (χ4n) is 1.95. The highest BCUT2D eigenvalue weighted by molar-refractivity contribution is 5.86. The molecule has 0 spiro atoms. The van der Waals surface area contributed by atoms with E-state index in [0.717, 1.165) is 5.56 Å². The van der Waals surface area contributed by atoms with E-state index in [1.807, 2.05) is 30.3 Å². The molecule has 0 radical (unpaired) electrons. The Bertz CT molecular complexity index is 595. The minimum Gasteiger partial charge on any atom is -0.481 e. The summed E-state index contributed by atoms with van der Waals surface area (Å²) in [6, 6.07) is 11.1. The molecule has 0 fully saturated rings. The van der Waals surface area contributed by atoms with Crippen LogP contribution in [0.25, 0.3) is 0 Å². The number of aliphatic carboxylic acids is 1. The number of carbonyl (C=O) groups is 2. The number of hydrogen-bond acceptors (Lipinski definition) is 4. The Hall–Kier alpha value is -2.60. The molecule has 1 amide bonds. The van der Waals surface area contributed by atoms with E-state index >= 15 is 0 Å². The van der Waals surface area contributed by atoms with Crippen LogP contribution < -0.4 is 11.1 Å². The third-order valence-corrected chi connectivity index (χ3v) is 2.98. The Labute approximate surface area is 121 Å². The number of benzene rings is 1. The van der Waals surface area contributed by atoms with Crippen LogP contribution in [0.5, 0.6) is 0 Å². The van der Waals surface area contributed by atoms with Gasteiger partial charge in [-0.2, -0.15) is 0 Å². The Morgan fingerprint density at radius 1 is 1.19 bits per heavy atom. The van der Waals surface area contributed by atoms with Gasteiger partial charge in [-0.25, -0.2) is 0 Å². The first-order valence-corrected chi connectivity index (χ1v) is 6.44. The molecule has 0 saturated carbocycles. The molecule has 2 unspecified atom stereocenters. The topological polar surface area (TPSA) is 106 Å². The van der Waals surface area contributed by atoms with Crippen LogP contribution >= 0.6 is 0 Å². The third-order valence-electron chi connectivity index (χ3n) is 2.98. The molecule has 0 saturated heterocycles. The van der Waals surface area contributed by atoms with Gasteiger partial charge in [0.05, 0.1) is 18.7 Å². The highest BCUT2D eigenvalue weighted by Gasteiger charge is 2.23. The van der Waals surface area contributed by atoms with Crippen LogP contribution in [-0.4, -0.2) is 23.0 Å². The van der Waals surface area contributed by atoms with Crippen LogP contribution in [0.1, 0.15) is 23.8 Å². The minimum atomic E-state index is -1.12. The molecule has 0 aliphatic carbocycles. The predicted molar refractivity (Wildman–Crippen MR) is 75.4 cm³/mol. The van der Waals surface area contributed by atoms with Crippen molar-refractivity contribution in [2.75, 3.05) is 0 Å². The van der Waals surface area contributed by atoms with Gasteiger partial charge >= 0.3 is 5.97 Å². The lowest BCUT2D eigenvalue weighted by atomic mass is 10.0. The van der Waals surface area contributed by atoms with E-state index in [9.17, 15) is 9.59 Å². The molecule has 4 N–H and O–H groups in total. The Morgan fingerprint density at radius 2 is 1.90 bits per heavy atom. The normalized spacial score (nSPS) is 13.4. The Balaban J connectivity index is 2.18. The summed E-state index contributed by atoms with van der Waals surface area (Å²) >= 11 is 0. The number of carboxylic acid groups (broad SMARTS) is 1. The predicted octanol–water partition coefficient (Wildman–Crippen LogP) is 1.29. The highest BCUT2D eigenvalue weighted by atomic mass is 16.4. The molecular weight excluding hydrogens is 272 g/mol. The van der Waals surface area contributed by atoms with E-state index in [2.05, 4.69) is 5.32 Å². The summed E-state index contributed by atoms with van der Waals surface area (Å²) in [6.45, 7) is 0. The maximum Gasteiger partial charge on any atom is 0.305 e. The van der Waals surface area contributed by atoms with Crippen molar-refractivity contribution in [3.05, 3.63) is 60.1 Å². The lowest BCUT2D eigenvalue weighted by Gasteiger charge is -2.19. The second-order valence-electron chi connectivity index (χ2n) is 4.57. The molecule has 110 valence electrons. The van der Waals surface area contributed by atoms with Crippen LogP contribution in [0.4, 0.5) is 0 Å². The number of carbonyl (C=O) groups excluding carboxylic acids is 1. The number of hydrogen-bond donors (Lipinski definition) is 3. The molecule has 0 aliphatic heterocycles. The number of carboxylic acids is 1. The molecule has 1 heterocycles. The van der Waals surface area contributed by atoms with Crippen molar-refractivity contribution in [3.8, 4) is 0 Å². The average Bonchev–Trinajstić information content (AvgIpc) is 2.98. The summed E-state index contributed by atoms with van der Waals surface area (Å²) in [6.07, 6.45) is 1.08. The van der Waals surface area contributed by atoms with Gasteiger partial charge in [0.2, 0.25) is 5.91 Å². The first kappa shape index (κ1) is 14.8. The van der Waals surface area contributed by atoms with E-state index in [0.29, 0.717) is 5.76 Å². The van der Waals surface area contributed by atoms with E-state index in [-0.39, 0.29) is 0 Å². The van der Waals surface area contributed by atoms with Crippen molar-refractivity contribution in [1.29, 1.82) is 0 Å². The summed E-state index contributed by atoms with van der Waals surface area (Å²) < 4.78 is 5.34. The van der Waals surface area contributed by atoms with Gasteiger partial charge in [0.15, 0.2) is 0 Å². The summed E-state index contributed by atoms with van der Waals surface area (Å²) in [5.74, 6) is -1.10. The van der Waals surface area contributed by atoms with Crippen molar-refractivity contribution in [2.45, 2.75) is 18.5 Å². The fourth-order valence-corrected chi connectivity index (χ4v) is 1.95. The van der Waals surface area contributed by atoms with Crippen molar-refractivity contribution in [1.82, 2.24) is 5.32 Å². The highest BCUT2D eigenvalue weighted by Crippen LogP contribution is 2.22. The van der Waals surface area contributed by atoms with Crippen molar-refractivity contribution in [3.63, 3.8) is 0 Å². The van der Waals surface area contributed by atoms with Gasteiger partial charge in [-0.05, 0) is 17.7 Å². The van der Waals surface area contributed by atoms with Crippen LogP contribution in [-0.2, 0) is 9.59 Å². The van der Waals surface area contributed by atoms with Gasteiger partial charge in [0, 0.05) is 0 Å². The molecule has 0 aliphatic rings. The molecule has 1 aromatic carbocycles. The standard InChI is InChI=1S/C15H16N2O4/c16-11(9-13(18)19)15(20)17-14(12-7-4-8-21-12)10-5-2-1-3-6-10/h1-8,11,14H,9,16H2,(H,17,20)(H,18,19). The molecule has 2 rings (SSSR count). The first-order valence-electron chi connectivity index (χ1n) is 6.44. The zero-order valence-electron chi connectivity index (χ0n) is 11.2. The number of nitrogens with one attached hydrogen (secondary N) is 1. The van der Waals surface area contributed by atoms with Crippen LogP contribution in [0.15, 0.2) is 53.1 Å². The molecule has 0 bridgehead atoms. The molecular formula is C15H16N2O4. The molecule has 2 atom stereocenters. The van der Waals surface area contributed by atoms with Crippen LogP contribution in [0.3, 0.4) is 0 Å². The molecule has 6 heteroatoms. The first-order chi connectivity index (χ1) is 10.1. The van der Waals surface area contributed by atoms with Crippen LogP contribution in [0.2, 0.25) is 0 Å². The molecule has 2 aromatic rings. The third kappa shape index (κ3) is 3.93. The van der Waals surface area contributed by atoms with Crippen molar-refractivity contribution < 1.29 is 19.1 Å². The largest absolute Gasteiger partial charge is 0.481 e. The zero-order valence-corrected chi connectivity index (χ0v) is 11.2. The molecule has 21 heavy (non-hydrogen) atoms. The summed E-state index contributed by atoms with van der Waals surface area (Å²) in [5, 5.41) is 11.4. The Morgan fingerprint density at radius 3 is 2.48 bits per heavy atom.